The van der Waals surface area contributed by atoms with Gasteiger partial charge in [-0.15, -0.1) is 0 Å². The number of alkyl halides is 3. The van der Waals surface area contributed by atoms with Gasteiger partial charge >= 0.3 is 6.18 Å². The van der Waals surface area contributed by atoms with E-state index in [1.807, 2.05) is 6.07 Å². The van der Waals surface area contributed by atoms with Gasteiger partial charge in [0.15, 0.2) is 0 Å². The van der Waals surface area contributed by atoms with Gasteiger partial charge in [0.05, 0.1) is 11.6 Å². The zero-order chi connectivity index (χ0) is 22.4. The number of carbonyl (C=O) groups excluding carboxylic acids is 2. The van der Waals surface area contributed by atoms with Crippen molar-refractivity contribution in [1.82, 2.24) is 9.80 Å². The SMILES string of the molecule is N#Cc1cccc(OCc2cccc(C(=O)N3CCN(C(=O)CC(F)(F)F)CC3)c2)c1. The molecule has 1 aliphatic rings. The number of carbonyl (C=O) groups is 2. The van der Waals surface area contributed by atoms with Crippen LogP contribution in [0, 0.1) is 11.3 Å². The molecule has 1 aliphatic heterocycles. The maximum Gasteiger partial charge on any atom is 0.397 e. The number of hydrogen-bond acceptors (Lipinski definition) is 4. The molecule has 0 bridgehead atoms. The fourth-order valence-corrected chi connectivity index (χ4v) is 3.24. The van der Waals surface area contributed by atoms with E-state index < -0.39 is 18.5 Å². The normalized spacial score (nSPS) is 14.1. The zero-order valence-electron chi connectivity index (χ0n) is 16.6. The highest BCUT2D eigenvalue weighted by molar-refractivity contribution is 5.94. The molecule has 0 radical (unpaired) electrons. The Hall–Kier alpha value is -3.54. The van der Waals surface area contributed by atoms with Gasteiger partial charge < -0.3 is 14.5 Å². The van der Waals surface area contributed by atoms with Crippen molar-refractivity contribution in [3.63, 3.8) is 0 Å². The Morgan fingerprint density at radius 1 is 1.00 bits per heavy atom. The quantitative estimate of drug-likeness (QED) is 0.728. The fraction of sp³-hybridized carbons (Fsp3) is 0.318. The van der Waals surface area contributed by atoms with Gasteiger partial charge in [0, 0.05) is 31.7 Å². The zero-order valence-corrected chi connectivity index (χ0v) is 16.6. The second kappa shape index (κ2) is 9.51. The van der Waals surface area contributed by atoms with Crippen molar-refractivity contribution < 1.29 is 27.5 Å². The average Bonchev–Trinajstić information content (AvgIpc) is 2.76. The highest BCUT2D eigenvalue weighted by atomic mass is 19.4. The number of rotatable bonds is 5. The molecule has 1 heterocycles. The Morgan fingerprint density at radius 3 is 2.35 bits per heavy atom. The number of nitrogens with zero attached hydrogens (tertiary/aromatic N) is 3. The molecule has 6 nitrogen and oxygen atoms in total. The summed E-state index contributed by atoms with van der Waals surface area (Å²) >= 11 is 0. The number of ether oxygens (including phenoxy) is 1. The predicted molar refractivity (Wildman–Crippen MR) is 105 cm³/mol. The van der Waals surface area contributed by atoms with Crippen LogP contribution >= 0.6 is 0 Å². The van der Waals surface area contributed by atoms with Crippen molar-refractivity contribution in [3.05, 3.63) is 65.2 Å². The van der Waals surface area contributed by atoms with Crippen molar-refractivity contribution in [2.75, 3.05) is 26.2 Å². The second-order valence-corrected chi connectivity index (χ2v) is 7.09. The van der Waals surface area contributed by atoms with E-state index in [9.17, 15) is 22.8 Å². The van der Waals surface area contributed by atoms with Crippen LogP contribution in [0.4, 0.5) is 13.2 Å². The summed E-state index contributed by atoms with van der Waals surface area (Å²) in [5.41, 5.74) is 1.67. The van der Waals surface area contributed by atoms with E-state index in [1.165, 1.54) is 4.90 Å². The predicted octanol–water partition coefficient (Wildman–Crippen LogP) is 3.37. The molecule has 2 aromatic rings. The van der Waals surface area contributed by atoms with Gasteiger partial charge in [-0.3, -0.25) is 9.59 Å². The van der Waals surface area contributed by atoms with E-state index >= 15 is 0 Å². The van der Waals surface area contributed by atoms with Crippen molar-refractivity contribution >= 4 is 11.8 Å². The van der Waals surface area contributed by atoms with Gasteiger partial charge in [-0.2, -0.15) is 18.4 Å². The molecule has 9 heteroatoms. The van der Waals surface area contributed by atoms with E-state index in [-0.39, 0.29) is 38.7 Å². The van der Waals surface area contributed by atoms with Crippen LogP contribution in [0.1, 0.15) is 27.9 Å². The van der Waals surface area contributed by atoms with Crippen LogP contribution in [-0.2, 0) is 11.4 Å². The van der Waals surface area contributed by atoms with Crippen molar-refractivity contribution in [1.29, 1.82) is 5.26 Å². The van der Waals surface area contributed by atoms with Crippen LogP contribution in [0.5, 0.6) is 5.75 Å². The third-order valence-electron chi connectivity index (χ3n) is 4.81. The monoisotopic (exact) mass is 431 g/mol. The molecule has 0 atom stereocenters. The number of hydrogen-bond donors (Lipinski definition) is 0. The van der Waals surface area contributed by atoms with Crippen LogP contribution < -0.4 is 4.74 Å². The highest BCUT2D eigenvalue weighted by Crippen LogP contribution is 2.21. The van der Waals surface area contributed by atoms with E-state index in [1.54, 1.807) is 48.5 Å². The minimum absolute atomic E-state index is 0.0681. The molecule has 1 fully saturated rings. The Morgan fingerprint density at radius 2 is 1.68 bits per heavy atom. The van der Waals surface area contributed by atoms with E-state index in [0.717, 1.165) is 10.5 Å². The number of amides is 2. The minimum atomic E-state index is -4.54. The third kappa shape index (κ3) is 6.22. The van der Waals surface area contributed by atoms with Gasteiger partial charge in [-0.1, -0.05) is 18.2 Å². The van der Waals surface area contributed by atoms with Crippen LogP contribution in [0.3, 0.4) is 0 Å². The Kier molecular flexibility index (Phi) is 6.80. The van der Waals surface area contributed by atoms with Crippen LogP contribution in [-0.4, -0.2) is 54.0 Å². The first kappa shape index (κ1) is 22.2. The van der Waals surface area contributed by atoms with Gasteiger partial charge in [-0.05, 0) is 35.9 Å². The highest BCUT2D eigenvalue weighted by Gasteiger charge is 2.35. The molecule has 0 N–H and O–H groups in total. The van der Waals surface area contributed by atoms with Crippen LogP contribution in [0.25, 0.3) is 0 Å². The molecule has 0 aliphatic carbocycles. The molecule has 3 rings (SSSR count). The number of benzene rings is 2. The Bertz CT molecular complexity index is 993. The van der Waals surface area contributed by atoms with Crippen LogP contribution in [0.2, 0.25) is 0 Å². The van der Waals surface area contributed by atoms with Gasteiger partial charge in [-0.25, -0.2) is 0 Å². The number of piperazine rings is 1. The summed E-state index contributed by atoms with van der Waals surface area (Å²) in [6.45, 7) is 0.682. The molecule has 162 valence electrons. The first-order chi connectivity index (χ1) is 14.7. The largest absolute Gasteiger partial charge is 0.489 e. The van der Waals surface area contributed by atoms with Gasteiger partial charge in [0.1, 0.15) is 18.8 Å². The summed E-state index contributed by atoms with van der Waals surface area (Å²) in [5.74, 6) is -0.689. The molecule has 0 unspecified atom stereocenters. The summed E-state index contributed by atoms with van der Waals surface area (Å²) in [6.07, 6.45) is -6.03. The first-order valence-electron chi connectivity index (χ1n) is 9.61. The molecule has 2 aromatic carbocycles. The summed E-state index contributed by atoms with van der Waals surface area (Å²) in [5, 5.41) is 8.95. The van der Waals surface area contributed by atoms with Crippen LogP contribution in [0.15, 0.2) is 48.5 Å². The second-order valence-electron chi connectivity index (χ2n) is 7.09. The molecular weight excluding hydrogens is 411 g/mol. The lowest BCUT2D eigenvalue weighted by atomic mass is 10.1. The van der Waals surface area contributed by atoms with Crippen molar-refractivity contribution in [2.45, 2.75) is 19.2 Å². The molecule has 2 amide bonds. The molecule has 1 saturated heterocycles. The lowest BCUT2D eigenvalue weighted by Gasteiger charge is -2.35. The van der Waals surface area contributed by atoms with E-state index in [2.05, 4.69) is 0 Å². The van der Waals surface area contributed by atoms with Gasteiger partial charge in [0.2, 0.25) is 5.91 Å². The molecule has 31 heavy (non-hydrogen) atoms. The molecular formula is C22H20F3N3O3. The summed E-state index contributed by atoms with van der Waals surface area (Å²) < 4.78 is 42.9. The maximum absolute atomic E-state index is 12.8. The Balaban J connectivity index is 1.57. The molecule has 0 spiro atoms. The van der Waals surface area contributed by atoms with Crippen molar-refractivity contribution in [2.24, 2.45) is 0 Å². The third-order valence-corrected chi connectivity index (χ3v) is 4.81. The Labute approximate surface area is 177 Å². The molecule has 0 saturated carbocycles. The summed E-state index contributed by atoms with van der Waals surface area (Å²) in [7, 11) is 0. The molecule has 0 aromatic heterocycles. The minimum Gasteiger partial charge on any atom is -0.489 e. The standard InChI is InChI=1S/C22H20F3N3O3/c23-22(24,25)13-20(29)27-7-9-28(10-8-27)21(30)18-5-1-4-17(11-18)15-31-19-6-2-3-16(12-19)14-26/h1-6,11-12H,7-10,13,15H2. The fourth-order valence-electron chi connectivity index (χ4n) is 3.24. The van der Waals surface area contributed by atoms with Gasteiger partial charge in [0.25, 0.3) is 5.91 Å². The maximum atomic E-state index is 12.8. The number of halogens is 3. The first-order valence-corrected chi connectivity index (χ1v) is 9.61. The average molecular weight is 431 g/mol. The number of nitriles is 1. The topological polar surface area (TPSA) is 73.6 Å². The lowest BCUT2D eigenvalue weighted by molar-refractivity contribution is -0.162. The summed E-state index contributed by atoms with van der Waals surface area (Å²) in [6, 6.07) is 15.6. The van der Waals surface area contributed by atoms with Crippen molar-refractivity contribution in [3.8, 4) is 11.8 Å². The summed E-state index contributed by atoms with van der Waals surface area (Å²) in [4.78, 5) is 27.1. The van der Waals surface area contributed by atoms with E-state index in [4.69, 9.17) is 10.00 Å². The lowest BCUT2D eigenvalue weighted by Crippen LogP contribution is -2.51. The smallest absolute Gasteiger partial charge is 0.397 e. The van der Waals surface area contributed by atoms with E-state index in [0.29, 0.717) is 16.9 Å².